The number of rotatable bonds is 3. The first-order chi connectivity index (χ1) is 8.19. The van der Waals surface area contributed by atoms with Crippen LogP contribution < -0.4 is 11.3 Å². The van der Waals surface area contributed by atoms with Crippen LogP contribution in [0.3, 0.4) is 0 Å². The van der Waals surface area contributed by atoms with Crippen LogP contribution in [0.15, 0.2) is 47.4 Å². The third-order valence-corrected chi connectivity index (χ3v) is 2.56. The van der Waals surface area contributed by atoms with Crippen molar-refractivity contribution in [2.45, 2.75) is 13.1 Å². The summed E-state index contributed by atoms with van der Waals surface area (Å²) in [6.07, 6.45) is 1.70. The van der Waals surface area contributed by atoms with E-state index >= 15 is 0 Å². The number of benzene rings is 1. The molecule has 0 spiro atoms. The molecule has 2 N–H and O–H groups in total. The maximum atomic E-state index is 12.7. The van der Waals surface area contributed by atoms with Crippen LogP contribution in [0.5, 0.6) is 0 Å². The van der Waals surface area contributed by atoms with Crippen molar-refractivity contribution in [2.75, 3.05) is 0 Å². The molecule has 0 saturated carbocycles. The highest BCUT2D eigenvalue weighted by Gasteiger charge is 1.99. The fourth-order valence-corrected chi connectivity index (χ4v) is 1.59. The molecule has 0 aliphatic heterocycles. The molecule has 0 fully saturated rings. The lowest BCUT2D eigenvalue weighted by Crippen LogP contribution is -2.20. The van der Waals surface area contributed by atoms with Gasteiger partial charge >= 0.3 is 0 Å². The molecule has 1 aromatic carbocycles. The van der Waals surface area contributed by atoms with Gasteiger partial charge in [-0.15, -0.1) is 0 Å². The fraction of sp³-hybridized carbons (Fsp3) is 0.154. The van der Waals surface area contributed by atoms with Crippen molar-refractivity contribution in [1.82, 2.24) is 4.57 Å². The molecule has 3 nitrogen and oxygen atoms in total. The van der Waals surface area contributed by atoms with Gasteiger partial charge in [0.2, 0.25) is 0 Å². The zero-order chi connectivity index (χ0) is 12.3. The predicted octanol–water partition coefficient (Wildman–Crippen LogP) is 1.49. The molecule has 0 radical (unpaired) electrons. The van der Waals surface area contributed by atoms with E-state index in [0.717, 1.165) is 11.1 Å². The molecule has 17 heavy (non-hydrogen) atoms. The summed E-state index contributed by atoms with van der Waals surface area (Å²) < 4.78 is 14.3. The fourth-order valence-electron chi connectivity index (χ4n) is 1.59. The maximum Gasteiger partial charge on any atom is 0.251 e. The summed E-state index contributed by atoms with van der Waals surface area (Å²) in [5.74, 6) is -0.278. The first kappa shape index (κ1) is 11.5. The Hall–Kier alpha value is -1.94. The Kier molecular flexibility index (Phi) is 3.35. The maximum absolute atomic E-state index is 12.7. The van der Waals surface area contributed by atoms with Crippen molar-refractivity contribution in [3.63, 3.8) is 0 Å². The van der Waals surface area contributed by atoms with E-state index in [0.29, 0.717) is 13.1 Å². The second-order valence-electron chi connectivity index (χ2n) is 3.83. The van der Waals surface area contributed by atoms with Crippen LogP contribution in [-0.4, -0.2) is 4.57 Å². The zero-order valence-electron chi connectivity index (χ0n) is 9.27. The number of hydrogen-bond donors (Lipinski definition) is 1. The van der Waals surface area contributed by atoms with E-state index in [4.69, 9.17) is 5.73 Å². The molecule has 0 unspecified atom stereocenters. The summed E-state index contributed by atoms with van der Waals surface area (Å²) in [7, 11) is 0. The van der Waals surface area contributed by atoms with Gasteiger partial charge in [-0.25, -0.2) is 4.39 Å². The standard InChI is InChI=1S/C13H13FN2O/c14-12-3-1-10(2-4-12)9-16-6-5-11(8-15)7-13(16)17/h1-7H,8-9,15H2. The number of hydrogen-bond acceptors (Lipinski definition) is 2. The van der Waals surface area contributed by atoms with E-state index < -0.39 is 0 Å². The van der Waals surface area contributed by atoms with Gasteiger partial charge in [0.05, 0.1) is 6.54 Å². The summed E-state index contributed by atoms with van der Waals surface area (Å²) in [5, 5.41) is 0. The van der Waals surface area contributed by atoms with E-state index in [2.05, 4.69) is 0 Å². The number of nitrogens with zero attached hydrogens (tertiary/aromatic N) is 1. The Labute approximate surface area is 98.3 Å². The van der Waals surface area contributed by atoms with Gasteiger partial charge in [-0.3, -0.25) is 4.79 Å². The normalized spacial score (nSPS) is 10.5. The number of nitrogens with two attached hydrogens (primary N) is 1. The monoisotopic (exact) mass is 232 g/mol. The Morgan fingerprint density at radius 2 is 1.82 bits per heavy atom. The molecule has 0 amide bonds. The highest BCUT2D eigenvalue weighted by Crippen LogP contribution is 2.04. The van der Waals surface area contributed by atoms with Gasteiger partial charge in [0.25, 0.3) is 5.56 Å². The van der Waals surface area contributed by atoms with Gasteiger partial charge in [0.1, 0.15) is 5.82 Å². The van der Waals surface area contributed by atoms with Crippen LogP contribution in [0.25, 0.3) is 0 Å². The molecule has 0 bridgehead atoms. The van der Waals surface area contributed by atoms with E-state index in [9.17, 15) is 9.18 Å². The van der Waals surface area contributed by atoms with Crippen molar-refractivity contribution in [3.05, 3.63) is 69.9 Å². The average molecular weight is 232 g/mol. The summed E-state index contributed by atoms with van der Waals surface area (Å²) in [6, 6.07) is 9.43. The van der Waals surface area contributed by atoms with E-state index in [1.165, 1.54) is 18.2 Å². The molecular weight excluding hydrogens is 219 g/mol. The minimum atomic E-state index is -0.278. The van der Waals surface area contributed by atoms with Crippen LogP contribution in [0.4, 0.5) is 4.39 Å². The molecule has 1 aromatic heterocycles. The number of aromatic nitrogens is 1. The lowest BCUT2D eigenvalue weighted by molar-refractivity contribution is 0.626. The summed E-state index contributed by atoms with van der Waals surface area (Å²) in [4.78, 5) is 11.7. The number of pyridine rings is 1. The second-order valence-corrected chi connectivity index (χ2v) is 3.83. The molecule has 0 aliphatic rings. The quantitative estimate of drug-likeness (QED) is 0.871. The molecule has 1 heterocycles. The molecule has 2 aromatic rings. The lowest BCUT2D eigenvalue weighted by Gasteiger charge is -2.06. The minimum absolute atomic E-state index is 0.0997. The van der Waals surface area contributed by atoms with Gasteiger partial charge in [0.15, 0.2) is 0 Å². The van der Waals surface area contributed by atoms with Crippen LogP contribution in [0.1, 0.15) is 11.1 Å². The van der Waals surface area contributed by atoms with E-state index in [1.807, 2.05) is 6.07 Å². The second kappa shape index (κ2) is 4.93. The highest BCUT2D eigenvalue weighted by atomic mass is 19.1. The third kappa shape index (κ3) is 2.79. The lowest BCUT2D eigenvalue weighted by atomic mass is 10.2. The first-order valence-corrected chi connectivity index (χ1v) is 5.33. The zero-order valence-corrected chi connectivity index (χ0v) is 9.27. The van der Waals surface area contributed by atoms with Crippen molar-refractivity contribution in [1.29, 1.82) is 0 Å². The van der Waals surface area contributed by atoms with Gasteiger partial charge in [-0.2, -0.15) is 0 Å². The smallest absolute Gasteiger partial charge is 0.251 e. The average Bonchev–Trinajstić information content (AvgIpc) is 2.34. The van der Waals surface area contributed by atoms with Crippen molar-refractivity contribution in [2.24, 2.45) is 5.73 Å². The van der Waals surface area contributed by atoms with E-state index in [1.54, 1.807) is 22.9 Å². The summed E-state index contributed by atoms with van der Waals surface area (Å²) >= 11 is 0. The Morgan fingerprint density at radius 3 is 2.41 bits per heavy atom. The molecule has 2 rings (SSSR count). The third-order valence-electron chi connectivity index (χ3n) is 2.56. The van der Waals surface area contributed by atoms with Crippen molar-refractivity contribution in [3.8, 4) is 0 Å². The highest BCUT2D eigenvalue weighted by molar-refractivity contribution is 5.17. The van der Waals surface area contributed by atoms with Crippen LogP contribution in [-0.2, 0) is 13.1 Å². The number of halogens is 1. The van der Waals surface area contributed by atoms with Gasteiger partial charge in [-0.05, 0) is 29.3 Å². The van der Waals surface area contributed by atoms with Gasteiger partial charge in [0, 0.05) is 18.8 Å². The largest absolute Gasteiger partial charge is 0.326 e. The molecule has 0 saturated heterocycles. The molecule has 88 valence electrons. The van der Waals surface area contributed by atoms with Crippen LogP contribution >= 0.6 is 0 Å². The molecule has 4 heteroatoms. The van der Waals surface area contributed by atoms with Crippen molar-refractivity contribution >= 4 is 0 Å². The van der Waals surface area contributed by atoms with E-state index in [-0.39, 0.29) is 11.4 Å². The summed E-state index contributed by atoms with van der Waals surface area (Å²) in [6.45, 7) is 0.788. The van der Waals surface area contributed by atoms with Gasteiger partial charge in [-0.1, -0.05) is 12.1 Å². The predicted molar refractivity (Wildman–Crippen MR) is 64.1 cm³/mol. The van der Waals surface area contributed by atoms with Crippen LogP contribution in [0, 0.1) is 5.82 Å². The van der Waals surface area contributed by atoms with Gasteiger partial charge < -0.3 is 10.3 Å². The summed E-state index contributed by atoms with van der Waals surface area (Å²) in [5.41, 5.74) is 7.04. The SMILES string of the molecule is NCc1ccn(Cc2ccc(F)cc2)c(=O)c1. The molecule has 0 aliphatic carbocycles. The molecule has 0 atom stereocenters. The minimum Gasteiger partial charge on any atom is -0.326 e. The Balaban J connectivity index is 2.24. The first-order valence-electron chi connectivity index (χ1n) is 5.33. The Bertz CT molecular complexity index is 560. The topological polar surface area (TPSA) is 48.0 Å². The van der Waals surface area contributed by atoms with Crippen LogP contribution in [0.2, 0.25) is 0 Å². The molecular formula is C13H13FN2O. The Morgan fingerprint density at radius 1 is 1.12 bits per heavy atom. The van der Waals surface area contributed by atoms with Crippen molar-refractivity contribution < 1.29 is 4.39 Å².